The first-order chi connectivity index (χ1) is 11.8. The van der Waals surface area contributed by atoms with Gasteiger partial charge in [0, 0.05) is 5.56 Å². The molecule has 0 saturated carbocycles. The number of nitrogens with zero attached hydrogens (tertiary/aromatic N) is 2. The Morgan fingerprint density at radius 2 is 1.16 bits per heavy atom. The molecule has 3 rings (SSSR count). The maximum Gasteiger partial charge on any atom is 0.210 e. The van der Waals surface area contributed by atoms with Crippen molar-refractivity contribution in [2.45, 2.75) is 32.0 Å². The van der Waals surface area contributed by atoms with Gasteiger partial charge in [0.15, 0.2) is 0 Å². The Kier molecular flexibility index (Phi) is 4.07. The lowest BCUT2D eigenvalue weighted by atomic mass is 9.63. The van der Waals surface area contributed by atoms with Crippen molar-refractivity contribution in [3.63, 3.8) is 0 Å². The summed E-state index contributed by atoms with van der Waals surface area (Å²) in [5.74, 6) is 1.52. The molecule has 25 heavy (non-hydrogen) atoms. The van der Waals surface area contributed by atoms with Crippen molar-refractivity contribution in [1.29, 1.82) is 0 Å². The number of ether oxygens (including phenoxy) is 2. The van der Waals surface area contributed by atoms with Crippen LogP contribution in [-0.4, -0.2) is 19.3 Å². The van der Waals surface area contributed by atoms with Crippen LogP contribution in [0.15, 0.2) is 58.8 Å². The van der Waals surface area contributed by atoms with Crippen LogP contribution in [0.3, 0.4) is 0 Å². The van der Waals surface area contributed by atoms with Crippen molar-refractivity contribution in [3.8, 4) is 11.5 Å². The van der Waals surface area contributed by atoms with Crippen LogP contribution in [0.2, 0.25) is 0 Å². The van der Waals surface area contributed by atoms with Gasteiger partial charge in [-0.2, -0.15) is 10.2 Å². The monoisotopic (exact) mass is 340 g/mol. The second-order valence-corrected chi connectivity index (χ2v) is 7.03. The average molecular weight is 340 g/mol. The van der Waals surface area contributed by atoms with E-state index in [2.05, 4.69) is 10.2 Å². The smallest absolute Gasteiger partial charge is 0.210 e. The minimum Gasteiger partial charge on any atom is -0.497 e. The molecule has 1 heterocycles. The van der Waals surface area contributed by atoms with Gasteiger partial charge in [-0.3, -0.25) is 0 Å². The molecule has 0 amide bonds. The summed E-state index contributed by atoms with van der Waals surface area (Å²) in [6, 6.07) is 15.1. The Labute approximate surface area is 148 Å². The summed E-state index contributed by atoms with van der Waals surface area (Å²) in [6.45, 7) is 5.97. The normalized spacial score (nSPS) is 27.3. The Morgan fingerprint density at radius 3 is 1.60 bits per heavy atom. The summed E-state index contributed by atoms with van der Waals surface area (Å²) >= 11 is 0. The van der Waals surface area contributed by atoms with Crippen LogP contribution in [0.1, 0.15) is 31.9 Å². The first kappa shape index (κ1) is 17.4. The van der Waals surface area contributed by atoms with Gasteiger partial charge in [-0.1, -0.05) is 38.1 Å². The number of hydrogen-bond donors (Lipinski definition) is 1. The zero-order chi connectivity index (χ0) is 18.3. The highest BCUT2D eigenvalue weighted by atomic mass is 16.5. The highest BCUT2D eigenvalue weighted by Crippen LogP contribution is 2.59. The van der Waals surface area contributed by atoms with E-state index in [-0.39, 0.29) is 0 Å². The first-order valence-corrected chi connectivity index (χ1v) is 8.24. The molecule has 0 bridgehead atoms. The molecule has 0 fully saturated rings. The molecule has 2 aromatic carbocycles. The molecule has 0 saturated heterocycles. The minimum atomic E-state index is -1.42. The Hall–Kier alpha value is -2.40. The molecule has 0 aromatic heterocycles. The molecule has 2 aromatic rings. The van der Waals surface area contributed by atoms with Crippen LogP contribution in [0.4, 0.5) is 0 Å². The highest BCUT2D eigenvalue weighted by molar-refractivity contribution is 5.39. The van der Waals surface area contributed by atoms with Crippen LogP contribution >= 0.6 is 0 Å². The minimum absolute atomic E-state index is 0.664. The van der Waals surface area contributed by atoms with Crippen LogP contribution in [-0.2, 0) is 11.3 Å². The van der Waals surface area contributed by atoms with Gasteiger partial charge in [-0.05, 0) is 36.8 Å². The van der Waals surface area contributed by atoms with Gasteiger partial charge in [0.05, 0.1) is 19.6 Å². The molecular weight excluding hydrogens is 316 g/mol. The van der Waals surface area contributed by atoms with E-state index in [0.717, 1.165) is 17.1 Å². The zero-order valence-corrected chi connectivity index (χ0v) is 15.3. The molecule has 1 N–H and O–H groups in total. The number of benzene rings is 2. The van der Waals surface area contributed by atoms with Crippen LogP contribution < -0.4 is 9.47 Å². The third kappa shape index (κ3) is 2.42. The molecule has 0 radical (unpaired) electrons. The van der Waals surface area contributed by atoms with Crippen molar-refractivity contribution >= 4 is 0 Å². The van der Waals surface area contributed by atoms with Crippen molar-refractivity contribution in [2.75, 3.05) is 14.2 Å². The van der Waals surface area contributed by atoms with Gasteiger partial charge in [0.2, 0.25) is 5.72 Å². The molecule has 132 valence electrons. The molecule has 1 aliphatic heterocycles. The molecule has 2 atom stereocenters. The second-order valence-electron chi connectivity index (χ2n) is 7.03. The number of aliphatic hydroxyl groups is 1. The van der Waals surface area contributed by atoms with E-state index >= 15 is 0 Å². The van der Waals surface area contributed by atoms with E-state index in [0.29, 0.717) is 5.56 Å². The fourth-order valence-corrected chi connectivity index (χ4v) is 3.34. The Morgan fingerprint density at radius 1 is 0.720 bits per heavy atom. The molecule has 5 nitrogen and oxygen atoms in total. The summed E-state index contributed by atoms with van der Waals surface area (Å²) in [7, 11) is 3.25. The van der Waals surface area contributed by atoms with Crippen molar-refractivity contribution in [3.05, 3.63) is 59.7 Å². The summed E-state index contributed by atoms with van der Waals surface area (Å²) in [5.41, 5.74) is -1.09. The quantitative estimate of drug-likeness (QED) is 0.904. The maximum atomic E-state index is 11.4. The zero-order valence-electron chi connectivity index (χ0n) is 15.3. The van der Waals surface area contributed by atoms with Crippen molar-refractivity contribution in [1.82, 2.24) is 0 Å². The van der Waals surface area contributed by atoms with E-state index in [1.807, 2.05) is 69.3 Å². The molecule has 0 unspecified atom stereocenters. The molecule has 0 aliphatic carbocycles. The molecule has 0 spiro atoms. The number of methoxy groups -OCH3 is 2. The fraction of sp³-hybridized carbons (Fsp3) is 0.400. The lowest BCUT2D eigenvalue weighted by molar-refractivity contribution is -0.0764. The maximum absolute atomic E-state index is 11.4. The first-order valence-electron chi connectivity index (χ1n) is 8.24. The molecule has 1 aliphatic rings. The van der Waals surface area contributed by atoms with Crippen molar-refractivity contribution < 1.29 is 14.6 Å². The van der Waals surface area contributed by atoms with E-state index in [4.69, 9.17) is 9.47 Å². The number of rotatable bonds is 4. The third-order valence-corrected chi connectivity index (χ3v) is 5.63. The average Bonchev–Trinajstić information content (AvgIpc) is 2.83. The Bertz CT molecular complexity index is 718. The number of azo groups is 1. The van der Waals surface area contributed by atoms with E-state index in [9.17, 15) is 5.11 Å². The van der Waals surface area contributed by atoms with E-state index in [1.54, 1.807) is 14.2 Å². The van der Waals surface area contributed by atoms with E-state index in [1.165, 1.54) is 0 Å². The van der Waals surface area contributed by atoms with Gasteiger partial charge in [-0.15, -0.1) is 0 Å². The van der Waals surface area contributed by atoms with Crippen LogP contribution in [0.25, 0.3) is 0 Å². The van der Waals surface area contributed by atoms with Crippen molar-refractivity contribution in [2.24, 2.45) is 15.6 Å². The SMILES string of the molecule is COc1ccc([C@]2(O)N=N[C@](C)(c3ccc(OC)cc3)C2(C)C)cc1. The predicted octanol–water partition coefficient (Wildman–Crippen LogP) is 4.26. The largest absolute Gasteiger partial charge is 0.497 e. The Balaban J connectivity index is 2.03. The topological polar surface area (TPSA) is 63.4 Å². The van der Waals surface area contributed by atoms with Gasteiger partial charge < -0.3 is 14.6 Å². The molecule has 5 heteroatoms. The van der Waals surface area contributed by atoms with Gasteiger partial charge in [0.25, 0.3) is 0 Å². The summed E-state index contributed by atoms with van der Waals surface area (Å²) in [6.07, 6.45) is 0. The fourth-order valence-electron chi connectivity index (χ4n) is 3.34. The summed E-state index contributed by atoms with van der Waals surface area (Å²) in [4.78, 5) is 0. The van der Waals surface area contributed by atoms with Crippen LogP contribution in [0.5, 0.6) is 11.5 Å². The van der Waals surface area contributed by atoms with Gasteiger partial charge in [0.1, 0.15) is 17.0 Å². The standard InChI is InChI=1S/C20H24N2O3/c1-18(2)19(3,14-6-10-16(24-4)11-7-14)21-22-20(18,23)15-8-12-17(25-5)13-9-15/h6-13,23H,1-5H3/t19-,20-/m1/s1. The predicted molar refractivity (Wildman–Crippen MR) is 95.9 cm³/mol. The van der Waals surface area contributed by atoms with Crippen LogP contribution in [0, 0.1) is 5.41 Å². The second kappa shape index (κ2) is 5.85. The van der Waals surface area contributed by atoms with Gasteiger partial charge >= 0.3 is 0 Å². The lowest BCUT2D eigenvalue weighted by Crippen LogP contribution is -2.47. The highest BCUT2D eigenvalue weighted by Gasteiger charge is 2.61. The lowest BCUT2D eigenvalue weighted by Gasteiger charge is -2.42. The third-order valence-electron chi connectivity index (χ3n) is 5.63. The van der Waals surface area contributed by atoms with E-state index < -0.39 is 16.7 Å². The van der Waals surface area contributed by atoms with Gasteiger partial charge in [-0.25, -0.2) is 0 Å². The molecular formula is C20H24N2O3. The summed E-state index contributed by atoms with van der Waals surface area (Å²) < 4.78 is 10.4. The summed E-state index contributed by atoms with van der Waals surface area (Å²) in [5, 5.41) is 20.3. The number of hydrogen-bond acceptors (Lipinski definition) is 5.